The van der Waals surface area contributed by atoms with Crippen LogP contribution in [-0.2, 0) is 6.42 Å². The highest BCUT2D eigenvalue weighted by Crippen LogP contribution is 2.15. The number of anilines is 2. The highest BCUT2D eigenvalue weighted by Gasteiger charge is 2.02. The molecule has 0 unspecified atom stereocenters. The molecule has 2 rings (SSSR count). The van der Waals surface area contributed by atoms with Gasteiger partial charge >= 0.3 is 0 Å². The molecule has 3 nitrogen and oxygen atoms in total. The molecule has 0 aliphatic heterocycles. The minimum Gasteiger partial charge on any atom is -0.374 e. The molecular weight excluding hydrogens is 222 g/mol. The van der Waals surface area contributed by atoms with Crippen LogP contribution in [0.15, 0.2) is 48.7 Å². The first-order valence-electron chi connectivity index (χ1n) is 6.18. The van der Waals surface area contributed by atoms with Gasteiger partial charge < -0.3 is 10.2 Å². The van der Waals surface area contributed by atoms with Gasteiger partial charge in [0.1, 0.15) is 5.82 Å². The van der Waals surface area contributed by atoms with Crippen molar-refractivity contribution in [1.82, 2.24) is 4.98 Å². The number of nitrogens with one attached hydrogen (secondary N) is 1. The van der Waals surface area contributed by atoms with Crippen LogP contribution in [0.3, 0.4) is 0 Å². The molecule has 2 aromatic rings. The predicted molar refractivity (Wildman–Crippen MR) is 77.2 cm³/mol. The number of pyridine rings is 1. The molecule has 0 saturated carbocycles. The van der Waals surface area contributed by atoms with Crippen LogP contribution in [0.5, 0.6) is 0 Å². The van der Waals surface area contributed by atoms with E-state index in [0.717, 1.165) is 18.8 Å². The molecule has 1 aromatic heterocycles. The van der Waals surface area contributed by atoms with E-state index in [1.54, 1.807) is 0 Å². The Bertz CT molecular complexity index is 482. The molecule has 0 fully saturated rings. The van der Waals surface area contributed by atoms with Gasteiger partial charge in [0.25, 0.3) is 0 Å². The number of hydrogen-bond donors (Lipinski definition) is 1. The summed E-state index contributed by atoms with van der Waals surface area (Å²) in [6.45, 7) is 0.997. The smallest absolute Gasteiger partial charge is 0.127 e. The lowest BCUT2D eigenvalue weighted by molar-refractivity contribution is 0.875. The number of nitrogens with zero attached hydrogens (tertiary/aromatic N) is 2. The van der Waals surface area contributed by atoms with Crippen molar-refractivity contribution in [3.63, 3.8) is 0 Å². The van der Waals surface area contributed by atoms with Gasteiger partial charge in [-0.05, 0) is 18.1 Å². The van der Waals surface area contributed by atoms with Gasteiger partial charge in [-0.25, -0.2) is 4.98 Å². The van der Waals surface area contributed by atoms with Crippen LogP contribution in [0.1, 0.15) is 5.56 Å². The fraction of sp³-hybridized carbons (Fsp3) is 0.267. The van der Waals surface area contributed by atoms with E-state index in [-0.39, 0.29) is 0 Å². The first-order valence-corrected chi connectivity index (χ1v) is 6.18. The minimum atomic E-state index is 0.902. The number of rotatable bonds is 5. The zero-order valence-corrected chi connectivity index (χ0v) is 10.9. The summed E-state index contributed by atoms with van der Waals surface area (Å²) in [6.07, 6.45) is 2.88. The summed E-state index contributed by atoms with van der Waals surface area (Å²) in [5, 5.41) is 3.06. The summed E-state index contributed by atoms with van der Waals surface area (Å²) >= 11 is 0. The fourth-order valence-electron chi connectivity index (χ4n) is 1.86. The summed E-state index contributed by atoms with van der Waals surface area (Å²) in [6, 6.07) is 14.6. The molecule has 0 amide bonds. The molecule has 94 valence electrons. The number of aromatic nitrogens is 1. The molecule has 1 aromatic carbocycles. The Kier molecular flexibility index (Phi) is 4.18. The monoisotopic (exact) mass is 241 g/mol. The van der Waals surface area contributed by atoms with Crippen molar-refractivity contribution in [1.29, 1.82) is 0 Å². The first kappa shape index (κ1) is 12.4. The van der Waals surface area contributed by atoms with Gasteiger partial charge in [-0.1, -0.05) is 30.3 Å². The van der Waals surface area contributed by atoms with Crippen molar-refractivity contribution in [3.8, 4) is 0 Å². The normalized spacial score (nSPS) is 10.1. The van der Waals surface area contributed by atoms with Gasteiger partial charge in [0, 0.05) is 38.6 Å². The van der Waals surface area contributed by atoms with Gasteiger partial charge in [0.05, 0.1) is 0 Å². The van der Waals surface area contributed by atoms with Gasteiger partial charge in [-0.3, -0.25) is 0 Å². The lowest BCUT2D eigenvalue weighted by atomic mass is 10.1. The van der Waals surface area contributed by atoms with E-state index in [4.69, 9.17) is 0 Å². The Hall–Kier alpha value is -2.03. The Labute approximate surface area is 108 Å². The molecule has 0 spiro atoms. The van der Waals surface area contributed by atoms with Crippen LogP contribution in [-0.4, -0.2) is 25.6 Å². The third kappa shape index (κ3) is 3.23. The molecule has 18 heavy (non-hydrogen) atoms. The van der Waals surface area contributed by atoms with Gasteiger partial charge in [0.15, 0.2) is 0 Å². The fourth-order valence-corrected chi connectivity index (χ4v) is 1.86. The number of hydrogen-bond acceptors (Lipinski definition) is 3. The topological polar surface area (TPSA) is 28.2 Å². The zero-order valence-electron chi connectivity index (χ0n) is 10.9. The van der Waals surface area contributed by atoms with Crippen molar-refractivity contribution in [2.45, 2.75) is 6.42 Å². The van der Waals surface area contributed by atoms with Crippen LogP contribution >= 0.6 is 0 Å². The van der Waals surface area contributed by atoms with Gasteiger partial charge in [-0.2, -0.15) is 0 Å². The van der Waals surface area contributed by atoms with E-state index in [1.165, 1.54) is 11.3 Å². The van der Waals surface area contributed by atoms with Gasteiger partial charge in [-0.15, -0.1) is 0 Å². The zero-order chi connectivity index (χ0) is 12.8. The van der Waals surface area contributed by atoms with Crippen LogP contribution in [0, 0.1) is 0 Å². The molecule has 1 N–H and O–H groups in total. The van der Waals surface area contributed by atoms with E-state index >= 15 is 0 Å². The molecule has 1 heterocycles. The van der Waals surface area contributed by atoms with Crippen molar-refractivity contribution in [2.24, 2.45) is 0 Å². The van der Waals surface area contributed by atoms with Crippen LogP contribution in [0.4, 0.5) is 11.5 Å². The second kappa shape index (κ2) is 6.05. The van der Waals surface area contributed by atoms with E-state index in [2.05, 4.69) is 58.6 Å². The van der Waals surface area contributed by atoms with E-state index in [1.807, 2.05) is 19.3 Å². The lowest BCUT2D eigenvalue weighted by Crippen LogP contribution is -2.20. The Morgan fingerprint density at radius 1 is 1.17 bits per heavy atom. The summed E-state index contributed by atoms with van der Waals surface area (Å²) in [5.41, 5.74) is 2.55. The van der Waals surface area contributed by atoms with Crippen LogP contribution in [0.2, 0.25) is 0 Å². The minimum absolute atomic E-state index is 0.902. The number of benzene rings is 1. The summed E-state index contributed by atoms with van der Waals surface area (Å²) in [4.78, 5) is 6.47. The molecule has 0 aliphatic carbocycles. The van der Waals surface area contributed by atoms with Crippen molar-refractivity contribution >= 4 is 11.5 Å². The van der Waals surface area contributed by atoms with Crippen LogP contribution < -0.4 is 10.2 Å². The quantitative estimate of drug-likeness (QED) is 0.872. The largest absolute Gasteiger partial charge is 0.374 e. The molecule has 0 radical (unpaired) electrons. The Morgan fingerprint density at radius 2 is 1.94 bits per heavy atom. The van der Waals surface area contributed by atoms with E-state index in [9.17, 15) is 0 Å². The Morgan fingerprint density at radius 3 is 2.67 bits per heavy atom. The van der Waals surface area contributed by atoms with Gasteiger partial charge in [0.2, 0.25) is 0 Å². The first-order chi connectivity index (χ1) is 8.79. The second-order valence-electron chi connectivity index (χ2n) is 4.31. The van der Waals surface area contributed by atoms with E-state index in [0.29, 0.717) is 0 Å². The molecule has 3 heteroatoms. The number of likely N-dealkylation sites (N-methyl/N-ethyl adjacent to an activating group) is 1. The highest BCUT2D eigenvalue weighted by molar-refractivity contribution is 5.53. The van der Waals surface area contributed by atoms with Crippen molar-refractivity contribution < 1.29 is 0 Å². The standard InChI is InChI=1S/C15H19N3/c1-16-15-12-14(8-10-17-15)18(2)11-9-13-6-4-3-5-7-13/h3-8,10,12H,9,11H2,1-2H3,(H,16,17). The maximum Gasteiger partial charge on any atom is 0.127 e. The highest BCUT2D eigenvalue weighted by atomic mass is 15.1. The summed E-state index contributed by atoms with van der Waals surface area (Å²) < 4.78 is 0. The molecule has 0 bridgehead atoms. The molecule has 0 saturated heterocycles. The summed E-state index contributed by atoms with van der Waals surface area (Å²) in [5.74, 6) is 0.902. The average Bonchev–Trinajstić information content (AvgIpc) is 2.46. The maximum absolute atomic E-state index is 4.22. The van der Waals surface area contributed by atoms with Crippen LogP contribution in [0.25, 0.3) is 0 Å². The second-order valence-corrected chi connectivity index (χ2v) is 4.31. The van der Waals surface area contributed by atoms with Crippen molar-refractivity contribution in [3.05, 3.63) is 54.2 Å². The molecule has 0 aliphatic rings. The Balaban J connectivity index is 1.97. The SMILES string of the molecule is CNc1cc(N(C)CCc2ccccc2)ccn1. The molecule has 0 atom stereocenters. The van der Waals surface area contributed by atoms with Crippen molar-refractivity contribution in [2.75, 3.05) is 30.9 Å². The third-order valence-electron chi connectivity index (χ3n) is 3.02. The maximum atomic E-state index is 4.22. The predicted octanol–water partition coefficient (Wildman–Crippen LogP) is 2.80. The summed E-state index contributed by atoms with van der Waals surface area (Å²) in [7, 11) is 3.99. The lowest BCUT2D eigenvalue weighted by Gasteiger charge is -2.19. The third-order valence-corrected chi connectivity index (χ3v) is 3.02. The molecular formula is C15H19N3. The average molecular weight is 241 g/mol. The van der Waals surface area contributed by atoms with E-state index < -0.39 is 0 Å².